The lowest BCUT2D eigenvalue weighted by molar-refractivity contribution is -0.133. The molecule has 3 rings (SSSR count). The first-order valence-corrected chi connectivity index (χ1v) is 8.43. The van der Waals surface area contributed by atoms with Gasteiger partial charge in [0.2, 0.25) is 0 Å². The molecule has 0 bridgehead atoms. The van der Waals surface area contributed by atoms with Crippen molar-refractivity contribution in [2.75, 3.05) is 5.75 Å². The summed E-state index contributed by atoms with van der Waals surface area (Å²) in [5, 5.41) is 18.3. The van der Waals surface area contributed by atoms with Crippen molar-refractivity contribution in [2.24, 2.45) is 5.92 Å². The summed E-state index contributed by atoms with van der Waals surface area (Å²) in [7, 11) is 0. The third-order valence-corrected chi connectivity index (χ3v) is 5.24. The van der Waals surface area contributed by atoms with E-state index in [1.165, 1.54) is 50.3 Å². The maximum absolute atomic E-state index is 10.7. The number of aliphatic carboxylic acids is 1. The fourth-order valence-corrected chi connectivity index (χ4v) is 3.72. The minimum Gasteiger partial charge on any atom is -0.481 e. The molecular weight excluding hydrogens is 274 g/mol. The van der Waals surface area contributed by atoms with Gasteiger partial charge in [-0.15, -0.1) is 10.2 Å². The molecule has 20 heavy (non-hydrogen) atoms. The fraction of sp³-hybridized carbons (Fsp3) is 0.786. The summed E-state index contributed by atoms with van der Waals surface area (Å²) in [6.07, 6.45) is 7.26. The maximum Gasteiger partial charge on any atom is 0.313 e. The van der Waals surface area contributed by atoms with Crippen molar-refractivity contribution in [3.63, 3.8) is 0 Å². The molecule has 0 aliphatic heterocycles. The van der Waals surface area contributed by atoms with Gasteiger partial charge in [-0.3, -0.25) is 4.79 Å². The predicted molar refractivity (Wildman–Crippen MR) is 77.0 cm³/mol. The molecule has 0 saturated heterocycles. The molecule has 0 spiro atoms. The molecule has 2 fully saturated rings. The molecule has 2 aliphatic rings. The van der Waals surface area contributed by atoms with Crippen LogP contribution >= 0.6 is 11.8 Å². The summed E-state index contributed by atoms with van der Waals surface area (Å²) < 4.78 is 2.23. The van der Waals surface area contributed by atoms with Gasteiger partial charge in [0.05, 0.1) is 5.75 Å². The summed E-state index contributed by atoms with van der Waals surface area (Å²) >= 11 is 1.30. The quantitative estimate of drug-likeness (QED) is 0.845. The van der Waals surface area contributed by atoms with Gasteiger partial charge in [0.1, 0.15) is 5.82 Å². The van der Waals surface area contributed by atoms with Gasteiger partial charge in [-0.25, -0.2) is 0 Å². The third-order valence-electron chi connectivity index (χ3n) is 4.31. The minimum absolute atomic E-state index is 0.0621. The van der Waals surface area contributed by atoms with E-state index in [-0.39, 0.29) is 5.75 Å². The van der Waals surface area contributed by atoms with Gasteiger partial charge in [0, 0.05) is 12.0 Å². The Hall–Kier alpha value is -1.04. The first-order chi connectivity index (χ1) is 9.65. The van der Waals surface area contributed by atoms with Crippen LogP contribution in [0.15, 0.2) is 5.16 Å². The predicted octanol–water partition coefficient (Wildman–Crippen LogP) is 3.08. The number of aromatic nitrogens is 3. The molecule has 0 atom stereocenters. The first-order valence-electron chi connectivity index (χ1n) is 7.44. The number of hydrogen-bond acceptors (Lipinski definition) is 4. The van der Waals surface area contributed by atoms with E-state index in [9.17, 15) is 4.79 Å². The number of hydrogen-bond donors (Lipinski definition) is 1. The largest absolute Gasteiger partial charge is 0.481 e. The van der Waals surface area contributed by atoms with E-state index in [4.69, 9.17) is 5.11 Å². The average molecular weight is 295 g/mol. The van der Waals surface area contributed by atoms with E-state index in [2.05, 4.69) is 21.7 Å². The molecule has 0 aromatic carbocycles. The van der Waals surface area contributed by atoms with Gasteiger partial charge in [-0.05, 0) is 31.6 Å². The van der Waals surface area contributed by atoms with Crippen LogP contribution in [0.1, 0.15) is 63.2 Å². The molecule has 110 valence electrons. The van der Waals surface area contributed by atoms with E-state index in [1.54, 1.807) is 0 Å². The van der Waals surface area contributed by atoms with Gasteiger partial charge < -0.3 is 9.67 Å². The summed E-state index contributed by atoms with van der Waals surface area (Å²) in [6.45, 7) is 2.32. The molecule has 1 heterocycles. The lowest BCUT2D eigenvalue weighted by Gasteiger charge is -2.26. The van der Waals surface area contributed by atoms with E-state index in [0.29, 0.717) is 12.0 Å². The number of carboxylic acid groups (broad SMARTS) is 1. The highest BCUT2D eigenvalue weighted by Crippen LogP contribution is 2.43. The Morgan fingerprint density at radius 3 is 2.55 bits per heavy atom. The number of carboxylic acids is 1. The normalized spacial score (nSPS) is 26.6. The van der Waals surface area contributed by atoms with Crippen LogP contribution in [0, 0.1) is 5.92 Å². The van der Waals surface area contributed by atoms with Crippen LogP contribution in [0.3, 0.4) is 0 Å². The monoisotopic (exact) mass is 295 g/mol. The summed E-state index contributed by atoms with van der Waals surface area (Å²) in [5.41, 5.74) is 0. The molecular formula is C14H21N3O2S. The minimum atomic E-state index is -0.798. The van der Waals surface area contributed by atoms with Crippen LogP contribution in [-0.2, 0) is 4.79 Å². The van der Waals surface area contributed by atoms with Crippen molar-refractivity contribution >= 4 is 17.7 Å². The van der Waals surface area contributed by atoms with Crippen molar-refractivity contribution in [3.05, 3.63) is 5.82 Å². The van der Waals surface area contributed by atoms with E-state index in [1.807, 2.05) is 0 Å². The average Bonchev–Trinajstić information content (AvgIpc) is 3.17. The highest BCUT2D eigenvalue weighted by molar-refractivity contribution is 7.99. The highest BCUT2D eigenvalue weighted by Gasteiger charge is 2.33. The fourth-order valence-electron chi connectivity index (χ4n) is 2.99. The lowest BCUT2D eigenvalue weighted by Crippen LogP contribution is -2.15. The van der Waals surface area contributed by atoms with E-state index >= 15 is 0 Å². The number of rotatable bonds is 5. The van der Waals surface area contributed by atoms with Crippen LogP contribution in [0.25, 0.3) is 0 Å². The molecule has 1 aromatic rings. The Labute approximate surface area is 123 Å². The zero-order chi connectivity index (χ0) is 14.1. The Morgan fingerprint density at radius 1 is 1.25 bits per heavy atom. The van der Waals surface area contributed by atoms with Crippen molar-refractivity contribution in [3.8, 4) is 0 Å². The smallest absolute Gasteiger partial charge is 0.313 e. The third kappa shape index (κ3) is 3.00. The standard InChI is InChI=1S/C14H21N3O2S/c1-9-2-4-10(5-3-9)13-15-16-14(20-8-12(18)19)17(13)11-6-7-11/h9-11H,2-8H2,1H3,(H,18,19). The van der Waals surface area contributed by atoms with Crippen molar-refractivity contribution in [1.29, 1.82) is 0 Å². The lowest BCUT2D eigenvalue weighted by atomic mass is 9.82. The molecule has 1 aromatic heterocycles. The highest BCUT2D eigenvalue weighted by atomic mass is 32.2. The maximum atomic E-state index is 10.7. The number of carbonyl (C=O) groups is 1. The molecule has 0 unspecified atom stereocenters. The Bertz CT molecular complexity index is 491. The molecule has 1 N–H and O–H groups in total. The van der Waals surface area contributed by atoms with Crippen LogP contribution in [0.2, 0.25) is 0 Å². The molecule has 2 aliphatic carbocycles. The van der Waals surface area contributed by atoms with E-state index < -0.39 is 5.97 Å². The molecule has 5 nitrogen and oxygen atoms in total. The molecule has 6 heteroatoms. The molecule has 0 amide bonds. The Morgan fingerprint density at radius 2 is 1.95 bits per heavy atom. The van der Waals surface area contributed by atoms with Gasteiger partial charge in [-0.1, -0.05) is 31.5 Å². The van der Waals surface area contributed by atoms with Crippen LogP contribution in [-0.4, -0.2) is 31.6 Å². The van der Waals surface area contributed by atoms with Crippen molar-refractivity contribution in [1.82, 2.24) is 14.8 Å². The van der Waals surface area contributed by atoms with Gasteiger partial charge in [-0.2, -0.15) is 0 Å². The van der Waals surface area contributed by atoms with Crippen molar-refractivity contribution in [2.45, 2.75) is 62.6 Å². The summed E-state index contributed by atoms with van der Waals surface area (Å²) in [6, 6.07) is 0.510. The van der Waals surface area contributed by atoms with Crippen LogP contribution < -0.4 is 0 Å². The Kier molecular flexibility index (Phi) is 4.01. The first kappa shape index (κ1) is 13.9. The van der Waals surface area contributed by atoms with Gasteiger partial charge in [0.25, 0.3) is 0 Å². The zero-order valence-corrected chi connectivity index (χ0v) is 12.6. The Balaban J connectivity index is 1.78. The second-order valence-electron chi connectivity index (χ2n) is 6.08. The van der Waals surface area contributed by atoms with Crippen LogP contribution in [0.5, 0.6) is 0 Å². The zero-order valence-electron chi connectivity index (χ0n) is 11.8. The molecule has 2 saturated carbocycles. The second kappa shape index (κ2) is 5.76. The number of nitrogens with zero attached hydrogens (tertiary/aromatic N) is 3. The number of thioether (sulfide) groups is 1. The van der Waals surface area contributed by atoms with Gasteiger partial charge in [0.15, 0.2) is 5.16 Å². The van der Waals surface area contributed by atoms with Gasteiger partial charge >= 0.3 is 5.97 Å². The molecule has 0 radical (unpaired) electrons. The topological polar surface area (TPSA) is 68.0 Å². The van der Waals surface area contributed by atoms with Crippen LogP contribution in [0.4, 0.5) is 0 Å². The summed E-state index contributed by atoms with van der Waals surface area (Å²) in [4.78, 5) is 10.7. The SMILES string of the molecule is CC1CCC(c2nnc(SCC(=O)O)n2C2CC2)CC1. The second-order valence-corrected chi connectivity index (χ2v) is 7.02. The summed E-state index contributed by atoms with van der Waals surface area (Å²) in [5.74, 6) is 1.70. The van der Waals surface area contributed by atoms with E-state index in [0.717, 1.165) is 16.9 Å². The van der Waals surface area contributed by atoms with Crippen molar-refractivity contribution < 1.29 is 9.90 Å².